The summed E-state index contributed by atoms with van der Waals surface area (Å²) in [5, 5.41) is 18.0. The van der Waals surface area contributed by atoms with Gasteiger partial charge in [-0.1, -0.05) is 49.7 Å². The van der Waals surface area contributed by atoms with Crippen molar-refractivity contribution in [3.8, 4) is 16.9 Å². The van der Waals surface area contributed by atoms with Crippen molar-refractivity contribution in [1.29, 1.82) is 0 Å². The van der Waals surface area contributed by atoms with Crippen LogP contribution in [0.2, 0.25) is 5.02 Å². The fourth-order valence-corrected chi connectivity index (χ4v) is 4.80. The zero-order valence-corrected chi connectivity index (χ0v) is 18.0. The van der Waals surface area contributed by atoms with Crippen LogP contribution in [0.1, 0.15) is 31.7 Å². The predicted octanol–water partition coefficient (Wildman–Crippen LogP) is 5.87. The lowest BCUT2D eigenvalue weighted by Crippen LogP contribution is -2.20. The fraction of sp³-hybridized carbons (Fsp3) is 0.261. The van der Waals surface area contributed by atoms with E-state index < -0.39 is 0 Å². The minimum absolute atomic E-state index is 0.104. The lowest BCUT2D eigenvalue weighted by Gasteiger charge is -2.15. The van der Waals surface area contributed by atoms with Crippen molar-refractivity contribution in [2.24, 2.45) is 0 Å². The van der Waals surface area contributed by atoms with E-state index in [1.807, 2.05) is 23.6 Å². The number of H-pyrrole nitrogens is 1. The largest absolute Gasteiger partial charge is 0.507 e. The van der Waals surface area contributed by atoms with E-state index >= 15 is 0 Å². The van der Waals surface area contributed by atoms with E-state index in [4.69, 9.17) is 11.6 Å². The molecule has 0 bridgehead atoms. The number of aromatic nitrogens is 1. The van der Waals surface area contributed by atoms with Gasteiger partial charge in [-0.15, -0.1) is 11.3 Å². The first-order valence-corrected chi connectivity index (χ1v) is 11.0. The SMILES string of the molecule is CCCNC[C@@H](C)c1ccc(-c2c(O)cc(Cl)c3[nH]c(=O)c4sccc4c23)cc1. The zero-order chi connectivity index (χ0) is 20.5. The van der Waals surface area contributed by atoms with Crippen LogP contribution in [0.3, 0.4) is 0 Å². The van der Waals surface area contributed by atoms with Gasteiger partial charge in [0, 0.05) is 28.9 Å². The van der Waals surface area contributed by atoms with Crippen LogP contribution in [-0.4, -0.2) is 23.2 Å². The van der Waals surface area contributed by atoms with E-state index in [1.54, 1.807) is 0 Å². The highest BCUT2D eigenvalue weighted by atomic mass is 35.5. The molecule has 4 aromatic rings. The van der Waals surface area contributed by atoms with Gasteiger partial charge in [-0.3, -0.25) is 4.79 Å². The summed E-state index contributed by atoms with van der Waals surface area (Å²) in [5.74, 6) is 0.499. The topological polar surface area (TPSA) is 65.1 Å². The Labute approximate surface area is 178 Å². The number of aromatic amines is 1. The van der Waals surface area contributed by atoms with E-state index in [0.29, 0.717) is 26.7 Å². The molecule has 0 unspecified atom stereocenters. The van der Waals surface area contributed by atoms with Crippen LogP contribution in [-0.2, 0) is 0 Å². The Bertz CT molecular complexity index is 1230. The van der Waals surface area contributed by atoms with Crippen LogP contribution >= 0.6 is 22.9 Å². The zero-order valence-electron chi connectivity index (χ0n) is 16.4. The van der Waals surface area contributed by atoms with Gasteiger partial charge in [-0.2, -0.15) is 0 Å². The molecule has 0 amide bonds. The van der Waals surface area contributed by atoms with Gasteiger partial charge in [0.25, 0.3) is 5.56 Å². The molecule has 0 saturated heterocycles. The number of hydrogen-bond acceptors (Lipinski definition) is 4. The van der Waals surface area contributed by atoms with Gasteiger partial charge in [0.05, 0.1) is 10.5 Å². The highest BCUT2D eigenvalue weighted by Crippen LogP contribution is 2.42. The molecule has 0 radical (unpaired) electrons. The number of hydrogen-bond donors (Lipinski definition) is 3. The molecule has 6 heteroatoms. The van der Waals surface area contributed by atoms with Crippen molar-refractivity contribution in [3.05, 3.63) is 62.7 Å². The van der Waals surface area contributed by atoms with Gasteiger partial charge in [-0.05, 0) is 41.5 Å². The van der Waals surface area contributed by atoms with E-state index in [-0.39, 0.29) is 11.3 Å². The fourth-order valence-electron chi connectivity index (χ4n) is 3.76. The number of pyridine rings is 1. The highest BCUT2D eigenvalue weighted by molar-refractivity contribution is 7.17. The van der Waals surface area contributed by atoms with Gasteiger partial charge in [-0.25, -0.2) is 0 Å². The smallest absolute Gasteiger partial charge is 0.266 e. The second-order valence-corrected chi connectivity index (χ2v) is 8.67. The summed E-state index contributed by atoms with van der Waals surface area (Å²) < 4.78 is 0.632. The van der Waals surface area contributed by atoms with Crippen LogP contribution in [0, 0.1) is 0 Å². The molecule has 3 N–H and O–H groups in total. The third-order valence-corrected chi connectivity index (χ3v) is 6.49. The molecule has 2 aromatic heterocycles. The number of halogens is 1. The van der Waals surface area contributed by atoms with Crippen molar-refractivity contribution < 1.29 is 5.11 Å². The molecule has 2 heterocycles. The first-order chi connectivity index (χ1) is 14.0. The molecule has 150 valence electrons. The van der Waals surface area contributed by atoms with Crippen molar-refractivity contribution in [2.75, 3.05) is 13.1 Å². The molecule has 0 aliphatic heterocycles. The molecule has 0 spiro atoms. The molecule has 0 saturated carbocycles. The Morgan fingerprint density at radius 1 is 1.24 bits per heavy atom. The number of benzene rings is 2. The summed E-state index contributed by atoms with van der Waals surface area (Å²) in [4.78, 5) is 15.3. The normalized spacial score (nSPS) is 12.7. The highest BCUT2D eigenvalue weighted by Gasteiger charge is 2.18. The third kappa shape index (κ3) is 3.66. The molecule has 29 heavy (non-hydrogen) atoms. The first kappa shape index (κ1) is 20.0. The van der Waals surface area contributed by atoms with Crippen LogP contribution < -0.4 is 10.9 Å². The molecule has 0 fully saturated rings. The van der Waals surface area contributed by atoms with Crippen molar-refractivity contribution in [1.82, 2.24) is 10.3 Å². The Morgan fingerprint density at radius 2 is 2.00 bits per heavy atom. The molecule has 4 nitrogen and oxygen atoms in total. The van der Waals surface area contributed by atoms with E-state index in [0.717, 1.165) is 35.8 Å². The lowest BCUT2D eigenvalue weighted by atomic mass is 9.94. The number of fused-ring (bicyclic) bond motifs is 3. The molecule has 0 aliphatic carbocycles. The predicted molar refractivity (Wildman–Crippen MR) is 124 cm³/mol. The van der Waals surface area contributed by atoms with Gasteiger partial charge in [0.15, 0.2) is 0 Å². The van der Waals surface area contributed by atoms with Crippen molar-refractivity contribution >= 4 is 43.9 Å². The molecular formula is C23H23ClN2O2S. The summed E-state index contributed by atoms with van der Waals surface area (Å²) in [6, 6.07) is 11.7. The third-order valence-electron chi connectivity index (χ3n) is 5.28. The summed E-state index contributed by atoms with van der Waals surface area (Å²) in [7, 11) is 0. The second-order valence-electron chi connectivity index (χ2n) is 7.35. The van der Waals surface area contributed by atoms with Gasteiger partial charge >= 0.3 is 0 Å². The number of rotatable bonds is 6. The van der Waals surface area contributed by atoms with E-state index in [1.165, 1.54) is 23.0 Å². The minimum atomic E-state index is -0.162. The summed E-state index contributed by atoms with van der Waals surface area (Å²) >= 11 is 7.74. The van der Waals surface area contributed by atoms with E-state index in [9.17, 15) is 9.90 Å². The van der Waals surface area contributed by atoms with E-state index in [2.05, 4.69) is 36.3 Å². The first-order valence-electron chi connectivity index (χ1n) is 9.77. The Kier molecular flexibility index (Phi) is 5.63. The Morgan fingerprint density at radius 3 is 2.72 bits per heavy atom. The quantitative estimate of drug-likeness (QED) is 0.338. The van der Waals surface area contributed by atoms with Crippen LogP contribution in [0.15, 0.2) is 46.6 Å². The maximum absolute atomic E-state index is 12.4. The lowest BCUT2D eigenvalue weighted by molar-refractivity contribution is 0.478. The monoisotopic (exact) mass is 426 g/mol. The molecule has 1 atom stereocenters. The maximum Gasteiger partial charge on any atom is 0.266 e. The standard InChI is InChI=1S/C23H23ClN2O2S/c1-3-9-25-12-13(2)14-4-6-15(7-5-14)19-18(27)11-17(24)21-20(19)16-8-10-29-22(16)23(28)26-21/h4-8,10-11,13,25,27H,3,9,12H2,1-2H3,(H,26,28)/t13-/m1/s1. The number of thiophene rings is 1. The van der Waals surface area contributed by atoms with Crippen LogP contribution in [0.5, 0.6) is 5.75 Å². The summed E-state index contributed by atoms with van der Waals surface area (Å²) in [6.45, 7) is 6.31. The van der Waals surface area contributed by atoms with Gasteiger partial charge in [0.1, 0.15) is 10.4 Å². The molecule has 0 aliphatic rings. The molecule has 2 aromatic carbocycles. The second kappa shape index (κ2) is 8.19. The molecule has 4 rings (SSSR count). The summed E-state index contributed by atoms with van der Waals surface area (Å²) in [5.41, 5.74) is 3.21. The summed E-state index contributed by atoms with van der Waals surface area (Å²) in [6.07, 6.45) is 1.12. The average Bonchev–Trinajstić information content (AvgIpc) is 3.20. The Hall–Kier alpha value is -2.34. The van der Waals surface area contributed by atoms with Crippen molar-refractivity contribution in [3.63, 3.8) is 0 Å². The van der Waals surface area contributed by atoms with Gasteiger partial charge < -0.3 is 15.4 Å². The van der Waals surface area contributed by atoms with Crippen LogP contribution in [0.4, 0.5) is 0 Å². The average molecular weight is 427 g/mol. The number of phenols is 1. The van der Waals surface area contributed by atoms with Crippen LogP contribution in [0.25, 0.3) is 32.1 Å². The number of nitrogens with one attached hydrogen (secondary N) is 2. The van der Waals surface area contributed by atoms with Crippen molar-refractivity contribution in [2.45, 2.75) is 26.2 Å². The minimum Gasteiger partial charge on any atom is -0.507 e. The Balaban J connectivity index is 1.84. The number of aromatic hydroxyl groups is 1. The maximum atomic E-state index is 12.4. The van der Waals surface area contributed by atoms with Gasteiger partial charge in [0.2, 0.25) is 0 Å². The number of phenolic OH excluding ortho intramolecular Hbond substituents is 1. The molecular weight excluding hydrogens is 404 g/mol.